The molecule has 17 heavy (non-hydrogen) atoms. The third kappa shape index (κ3) is 3.09. The summed E-state index contributed by atoms with van der Waals surface area (Å²) in [5, 5.41) is 8.26. The van der Waals surface area contributed by atoms with E-state index in [2.05, 4.69) is 55.1 Å². The van der Waals surface area contributed by atoms with Crippen LogP contribution in [0.5, 0.6) is 0 Å². The summed E-state index contributed by atoms with van der Waals surface area (Å²) in [7, 11) is 0. The molecule has 96 valence electrons. The average Bonchev–Trinajstić information content (AvgIpc) is 2.81. The van der Waals surface area contributed by atoms with Crippen molar-refractivity contribution in [1.29, 1.82) is 0 Å². The molecule has 3 nitrogen and oxygen atoms in total. The molecular formula is C14H25N3. The van der Waals surface area contributed by atoms with E-state index in [9.17, 15) is 0 Å². The Hall–Kier alpha value is -0.830. The molecule has 0 radical (unpaired) electrons. The highest BCUT2D eigenvalue weighted by molar-refractivity contribution is 5.05. The molecule has 0 amide bonds. The van der Waals surface area contributed by atoms with Crippen LogP contribution in [-0.2, 0) is 6.42 Å². The zero-order valence-electron chi connectivity index (χ0n) is 11.5. The van der Waals surface area contributed by atoms with E-state index in [-0.39, 0.29) is 0 Å². The van der Waals surface area contributed by atoms with Gasteiger partial charge >= 0.3 is 0 Å². The SMILES string of the molecule is CCNC(Cc1ccn(C(C)C)n1)C1CC1C. The molecule has 1 fully saturated rings. The van der Waals surface area contributed by atoms with Gasteiger partial charge in [0, 0.05) is 24.7 Å². The molecule has 1 aromatic rings. The van der Waals surface area contributed by atoms with Gasteiger partial charge in [-0.2, -0.15) is 5.10 Å². The summed E-state index contributed by atoms with van der Waals surface area (Å²) in [4.78, 5) is 0. The molecule has 2 rings (SSSR count). The van der Waals surface area contributed by atoms with Crippen LogP contribution in [0.3, 0.4) is 0 Å². The molecule has 0 aromatic carbocycles. The lowest BCUT2D eigenvalue weighted by Gasteiger charge is -2.16. The molecule has 0 spiro atoms. The lowest BCUT2D eigenvalue weighted by Crippen LogP contribution is -2.33. The summed E-state index contributed by atoms with van der Waals surface area (Å²) >= 11 is 0. The van der Waals surface area contributed by atoms with Crippen LogP contribution in [0.1, 0.15) is 45.9 Å². The second kappa shape index (κ2) is 5.21. The Morgan fingerprint density at radius 1 is 1.53 bits per heavy atom. The summed E-state index contributed by atoms with van der Waals surface area (Å²) in [6, 6.07) is 3.24. The van der Waals surface area contributed by atoms with Crippen LogP contribution < -0.4 is 5.32 Å². The number of hydrogen-bond donors (Lipinski definition) is 1. The molecule has 1 aliphatic rings. The second-order valence-corrected chi connectivity index (χ2v) is 5.63. The fraction of sp³-hybridized carbons (Fsp3) is 0.786. The van der Waals surface area contributed by atoms with Crippen LogP contribution >= 0.6 is 0 Å². The quantitative estimate of drug-likeness (QED) is 0.821. The smallest absolute Gasteiger partial charge is 0.0640 e. The molecule has 0 bridgehead atoms. The highest BCUT2D eigenvalue weighted by Gasteiger charge is 2.39. The van der Waals surface area contributed by atoms with Gasteiger partial charge in [-0.1, -0.05) is 13.8 Å². The van der Waals surface area contributed by atoms with Gasteiger partial charge in [-0.15, -0.1) is 0 Å². The lowest BCUT2D eigenvalue weighted by molar-refractivity contribution is 0.444. The van der Waals surface area contributed by atoms with Gasteiger partial charge in [0.25, 0.3) is 0 Å². The Morgan fingerprint density at radius 3 is 2.71 bits per heavy atom. The van der Waals surface area contributed by atoms with E-state index < -0.39 is 0 Å². The molecule has 0 aliphatic heterocycles. The van der Waals surface area contributed by atoms with Crippen LogP contribution in [0.15, 0.2) is 12.3 Å². The second-order valence-electron chi connectivity index (χ2n) is 5.63. The van der Waals surface area contributed by atoms with E-state index in [0.717, 1.165) is 24.8 Å². The zero-order valence-corrected chi connectivity index (χ0v) is 11.5. The summed E-state index contributed by atoms with van der Waals surface area (Å²) in [5.41, 5.74) is 1.23. The molecule has 1 heterocycles. The first kappa shape index (κ1) is 12.6. The molecule has 3 atom stereocenters. The Kier molecular flexibility index (Phi) is 3.87. The predicted molar refractivity (Wildman–Crippen MR) is 71.1 cm³/mol. The number of nitrogens with one attached hydrogen (secondary N) is 1. The molecule has 3 unspecified atom stereocenters. The summed E-state index contributed by atoms with van der Waals surface area (Å²) in [6.07, 6.45) is 4.55. The molecular weight excluding hydrogens is 210 g/mol. The Bertz CT molecular complexity index is 356. The fourth-order valence-corrected chi connectivity index (χ4v) is 2.55. The van der Waals surface area contributed by atoms with Gasteiger partial charge in [0.1, 0.15) is 0 Å². The van der Waals surface area contributed by atoms with Gasteiger partial charge in [-0.3, -0.25) is 4.68 Å². The van der Waals surface area contributed by atoms with Crippen LogP contribution in [0.2, 0.25) is 0 Å². The van der Waals surface area contributed by atoms with E-state index in [0.29, 0.717) is 12.1 Å². The molecule has 1 saturated carbocycles. The lowest BCUT2D eigenvalue weighted by atomic mass is 10.1. The molecule has 1 N–H and O–H groups in total. The number of nitrogens with zero attached hydrogens (tertiary/aromatic N) is 2. The van der Waals surface area contributed by atoms with Crippen molar-refractivity contribution in [1.82, 2.24) is 15.1 Å². The normalized spacial score (nSPS) is 25.2. The highest BCUT2D eigenvalue weighted by atomic mass is 15.3. The minimum atomic E-state index is 0.459. The largest absolute Gasteiger partial charge is 0.314 e. The predicted octanol–water partition coefficient (Wildman–Crippen LogP) is 2.64. The average molecular weight is 235 g/mol. The van der Waals surface area contributed by atoms with Crippen molar-refractivity contribution in [2.45, 2.75) is 52.6 Å². The maximum Gasteiger partial charge on any atom is 0.0640 e. The summed E-state index contributed by atoms with van der Waals surface area (Å²) in [5.74, 6) is 1.75. The van der Waals surface area contributed by atoms with Crippen molar-refractivity contribution in [2.75, 3.05) is 6.54 Å². The summed E-state index contributed by atoms with van der Waals surface area (Å²) in [6.45, 7) is 9.93. The van der Waals surface area contributed by atoms with E-state index in [4.69, 9.17) is 0 Å². The topological polar surface area (TPSA) is 29.9 Å². The van der Waals surface area contributed by atoms with Gasteiger partial charge in [0.05, 0.1) is 5.69 Å². The van der Waals surface area contributed by atoms with Crippen LogP contribution in [-0.4, -0.2) is 22.4 Å². The van der Waals surface area contributed by atoms with Gasteiger partial charge in [-0.05, 0) is 44.7 Å². The van der Waals surface area contributed by atoms with E-state index in [1.54, 1.807) is 0 Å². The highest BCUT2D eigenvalue weighted by Crippen LogP contribution is 2.41. The van der Waals surface area contributed by atoms with Gasteiger partial charge < -0.3 is 5.32 Å². The number of rotatable bonds is 6. The molecule has 3 heteroatoms. The van der Waals surface area contributed by atoms with E-state index >= 15 is 0 Å². The van der Waals surface area contributed by atoms with Crippen molar-refractivity contribution in [3.63, 3.8) is 0 Å². The van der Waals surface area contributed by atoms with Crippen molar-refractivity contribution in [3.8, 4) is 0 Å². The standard InChI is InChI=1S/C14H25N3/c1-5-15-14(13-8-11(13)4)9-12-6-7-17(16-12)10(2)3/h6-7,10-11,13-15H,5,8-9H2,1-4H3. The fourth-order valence-electron chi connectivity index (χ4n) is 2.55. The maximum atomic E-state index is 4.64. The monoisotopic (exact) mass is 235 g/mol. The third-order valence-corrected chi connectivity index (χ3v) is 3.78. The van der Waals surface area contributed by atoms with Crippen molar-refractivity contribution >= 4 is 0 Å². The first-order chi connectivity index (χ1) is 8.11. The first-order valence-corrected chi connectivity index (χ1v) is 6.89. The van der Waals surface area contributed by atoms with Crippen LogP contribution in [0.25, 0.3) is 0 Å². The number of aromatic nitrogens is 2. The Morgan fingerprint density at radius 2 is 2.24 bits per heavy atom. The minimum Gasteiger partial charge on any atom is -0.314 e. The van der Waals surface area contributed by atoms with Crippen molar-refractivity contribution in [2.24, 2.45) is 11.8 Å². The van der Waals surface area contributed by atoms with Crippen LogP contribution in [0.4, 0.5) is 0 Å². The van der Waals surface area contributed by atoms with Gasteiger partial charge in [-0.25, -0.2) is 0 Å². The number of likely N-dealkylation sites (N-methyl/N-ethyl adjacent to an activating group) is 1. The number of hydrogen-bond acceptors (Lipinski definition) is 2. The van der Waals surface area contributed by atoms with Crippen LogP contribution in [0, 0.1) is 11.8 Å². The van der Waals surface area contributed by atoms with E-state index in [1.807, 2.05) is 0 Å². The van der Waals surface area contributed by atoms with Gasteiger partial charge in [0.2, 0.25) is 0 Å². The van der Waals surface area contributed by atoms with E-state index in [1.165, 1.54) is 12.1 Å². The molecule has 1 aromatic heterocycles. The minimum absolute atomic E-state index is 0.459. The Balaban J connectivity index is 1.96. The maximum absolute atomic E-state index is 4.64. The Labute approximate surface area is 105 Å². The molecule has 0 saturated heterocycles. The summed E-state index contributed by atoms with van der Waals surface area (Å²) < 4.78 is 2.05. The van der Waals surface area contributed by atoms with Gasteiger partial charge in [0.15, 0.2) is 0 Å². The van der Waals surface area contributed by atoms with Crippen molar-refractivity contribution in [3.05, 3.63) is 18.0 Å². The first-order valence-electron chi connectivity index (χ1n) is 6.89. The molecule has 1 aliphatic carbocycles. The zero-order chi connectivity index (χ0) is 12.4. The third-order valence-electron chi connectivity index (χ3n) is 3.78. The van der Waals surface area contributed by atoms with Crippen molar-refractivity contribution < 1.29 is 0 Å².